The summed E-state index contributed by atoms with van der Waals surface area (Å²) in [5.41, 5.74) is 1.82. The van der Waals surface area contributed by atoms with E-state index in [1.807, 2.05) is 24.3 Å². The van der Waals surface area contributed by atoms with Gasteiger partial charge in [-0.2, -0.15) is 0 Å². The Morgan fingerprint density at radius 1 is 1.10 bits per heavy atom. The molecule has 0 bridgehead atoms. The molecule has 0 saturated carbocycles. The van der Waals surface area contributed by atoms with Crippen molar-refractivity contribution in [2.24, 2.45) is 0 Å². The summed E-state index contributed by atoms with van der Waals surface area (Å²) in [6.07, 6.45) is 4.89. The highest BCUT2D eigenvalue weighted by Gasteiger charge is 2.14. The number of nitrogens with zero attached hydrogens (tertiary/aromatic N) is 3. The predicted molar refractivity (Wildman–Crippen MR) is 82.1 cm³/mol. The van der Waals surface area contributed by atoms with Crippen LogP contribution in [0.3, 0.4) is 0 Å². The zero-order valence-electron chi connectivity index (χ0n) is 12.0. The lowest BCUT2D eigenvalue weighted by Crippen LogP contribution is -2.23. The fraction of sp³-hybridized carbons (Fsp3) is 0.286. The molecule has 1 aromatic heterocycles. The van der Waals surface area contributed by atoms with Crippen molar-refractivity contribution in [1.82, 2.24) is 14.3 Å². The summed E-state index contributed by atoms with van der Waals surface area (Å²) in [6, 6.07) is 7.47. The summed E-state index contributed by atoms with van der Waals surface area (Å²) < 4.78 is 24.8. The molecule has 0 aliphatic rings. The van der Waals surface area contributed by atoms with Gasteiger partial charge in [-0.3, -0.25) is 4.98 Å². The molecule has 0 spiro atoms. The molecule has 2 aromatic rings. The molecule has 0 unspecified atom stereocenters. The number of anilines is 1. The number of hydrogen-bond acceptors (Lipinski definition) is 5. The highest BCUT2D eigenvalue weighted by molar-refractivity contribution is 7.88. The summed E-state index contributed by atoms with van der Waals surface area (Å²) in [5.74, 6) is 0.717. The number of aromatic nitrogens is 2. The van der Waals surface area contributed by atoms with Crippen molar-refractivity contribution in [1.29, 1.82) is 0 Å². The lowest BCUT2D eigenvalue weighted by Gasteiger charge is -2.11. The van der Waals surface area contributed by atoms with E-state index in [9.17, 15) is 8.42 Å². The molecule has 0 atom stereocenters. The third-order valence-electron chi connectivity index (χ3n) is 2.97. The molecular formula is C14H18N4O2S. The predicted octanol–water partition coefficient (Wildman–Crippen LogP) is 1.48. The first kappa shape index (κ1) is 15.4. The van der Waals surface area contributed by atoms with Crippen LogP contribution in [0.5, 0.6) is 0 Å². The van der Waals surface area contributed by atoms with Gasteiger partial charge in [0.05, 0.1) is 11.9 Å². The van der Waals surface area contributed by atoms with Crippen LogP contribution in [0.25, 0.3) is 0 Å². The standard InChI is InChI=1S/C14H18N4O2S/c1-18(2)21(19,20)11-13-5-3-12(4-6-13)9-17-14-10-15-7-8-16-14/h3-8,10H,9,11H2,1-2H3,(H,16,17). The Morgan fingerprint density at radius 2 is 1.76 bits per heavy atom. The van der Waals surface area contributed by atoms with Gasteiger partial charge in [0.25, 0.3) is 0 Å². The maximum absolute atomic E-state index is 11.8. The minimum atomic E-state index is -3.22. The van der Waals surface area contributed by atoms with E-state index in [0.29, 0.717) is 12.4 Å². The monoisotopic (exact) mass is 306 g/mol. The fourth-order valence-electron chi connectivity index (χ4n) is 1.68. The Bertz CT molecular complexity index is 670. The van der Waals surface area contributed by atoms with E-state index in [4.69, 9.17) is 0 Å². The van der Waals surface area contributed by atoms with Gasteiger partial charge in [0.2, 0.25) is 10.0 Å². The molecule has 0 aliphatic carbocycles. The minimum Gasteiger partial charge on any atom is -0.365 e. The third kappa shape index (κ3) is 4.51. The minimum absolute atomic E-state index is 0.0118. The van der Waals surface area contributed by atoms with E-state index in [1.54, 1.807) is 18.6 Å². The van der Waals surface area contributed by atoms with E-state index in [-0.39, 0.29) is 5.75 Å². The van der Waals surface area contributed by atoms with Gasteiger partial charge in [0.15, 0.2) is 0 Å². The third-order valence-corrected chi connectivity index (χ3v) is 4.78. The van der Waals surface area contributed by atoms with E-state index < -0.39 is 10.0 Å². The molecule has 0 saturated heterocycles. The smallest absolute Gasteiger partial charge is 0.217 e. The van der Waals surface area contributed by atoms with E-state index in [1.165, 1.54) is 18.4 Å². The van der Waals surface area contributed by atoms with Gasteiger partial charge in [-0.05, 0) is 11.1 Å². The summed E-state index contributed by atoms with van der Waals surface area (Å²) >= 11 is 0. The average Bonchev–Trinajstić information content (AvgIpc) is 2.47. The van der Waals surface area contributed by atoms with Crippen molar-refractivity contribution in [2.45, 2.75) is 12.3 Å². The van der Waals surface area contributed by atoms with Crippen molar-refractivity contribution >= 4 is 15.8 Å². The van der Waals surface area contributed by atoms with Crippen LogP contribution in [0, 0.1) is 0 Å². The maximum Gasteiger partial charge on any atom is 0.217 e. The van der Waals surface area contributed by atoms with Gasteiger partial charge in [-0.15, -0.1) is 0 Å². The van der Waals surface area contributed by atoms with Crippen molar-refractivity contribution in [3.8, 4) is 0 Å². The topological polar surface area (TPSA) is 75.2 Å². The van der Waals surface area contributed by atoms with Crippen LogP contribution >= 0.6 is 0 Å². The molecule has 1 heterocycles. The first-order valence-electron chi connectivity index (χ1n) is 6.45. The molecule has 2 rings (SSSR count). The van der Waals surface area contributed by atoms with Crippen LogP contribution < -0.4 is 5.32 Å². The normalized spacial score (nSPS) is 11.6. The summed E-state index contributed by atoms with van der Waals surface area (Å²) in [5, 5.41) is 3.15. The van der Waals surface area contributed by atoms with Gasteiger partial charge >= 0.3 is 0 Å². The molecule has 6 nitrogen and oxygen atoms in total. The quantitative estimate of drug-likeness (QED) is 0.875. The molecule has 0 fully saturated rings. The number of nitrogens with one attached hydrogen (secondary N) is 1. The Kier molecular flexibility index (Phi) is 4.87. The first-order valence-corrected chi connectivity index (χ1v) is 8.06. The number of sulfonamides is 1. The van der Waals surface area contributed by atoms with Crippen LogP contribution in [0.1, 0.15) is 11.1 Å². The lowest BCUT2D eigenvalue weighted by molar-refractivity contribution is 0.519. The molecule has 0 aliphatic heterocycles. The van der Waals surface area contributed by atoms with Gasteiger partial charge in [0.1, 0.15) is 5.82 Å². The number of benzene rings is 1. The van der Waals surface area contributed by atoms with Crippen molar-refractivity contribution in [3.05, 3.63) is 54.0 Å². The molecule has 0 amide bonds. The van der Waals surface area contributed by atoms with Gasteiger partial charge in [-0.1, -0.05) is 24.3 Å². The molecule has 21 heavy (non-hydrogen) atoms. The Labute approximate surface area is 124 Å². The average molecular weight is 306 g/mol. The second kappa shape index (κ2) is 6.64. The first-order chi connectivity index (χ1) is 9.97. The summed E-state index contributed by atoms with van der Waals surface area (Å²) in [6.45, 7) is 0.611. The van der Waals surface area contributed by atoms with Crippen LogP contribution in [0.15, 0.2) is 42.9 Å². The number of hydrogen-bond donors (Lipinski definition) is 1. The van der Waals surface area contributed by atoms with Crippen LogP contribution in [-0.2, 0) is 22.3 Å². The van der Waals surface area contributed by atoms with Gasteiger partial charge < -0.3 is 5.32 Å². The maximum atomic E-state index is 11.8. The Morgan fingerprint density at radius 3 is 2.33 bits per heavy atom. The zero-order valence-corrected chi connectivity index (χ0v) is 12.8. The van der Waals surface area contributed by atoms with E-state index in [0.717, 1.165) is 11.1 Å². The van der Waals surface area contributed by atoms with Crippen LogP contribution in [0.4, 0.5) is 5.82 Å². The van der Waals surface area contributed by atoms with E-state index in [2.05, 4.69) is 15.3 Å². The highest BCUT2D eigenvalue weighted by atomic mass is 32.2. The molecule has 1 N–H and O–H groups in total. The van der Waals surface area contributed by atoms with Gasteiger partial charge in [-0.25, -0.2) is 17.7 Å². The highest BCUT2D eigenvalue weighted by Crippen LogP contribution is 2.11. The molecule has 0 radical (unpaired) electrons. The van der Waals surface area contributed by atoms with Crippen molar-refractivity contribution < 1.29 is 8.42 Å². The zero-order chi connectivity index (χ0) is 15.3. The van der Waals surface area contributed by atoms with E-state index >= 15 is 0 Å². The Balaban J connectivity index is 1.96. The van der Waals surface area contributed by atoms with Crippen LogP contribution in [0.2, 0.25) is 0 Å². The summed E-state index contributed by atoms with van der Waals surface area (Å²) in [4.78, 5) is 8.09. The molecule has 7 heteroatoms. The molecule has 1 aromatic carbocycles. The number of rotatable bonds is 6. The van der Waals surface area contributed by atoms with Crippen LogP contribution in [-0.4, -0.2) is 36.8 Å². The lowest BCUT2D eigenvalue weighted by atomic mass is 10.1. The Hall–Kier alpha value is -1.99. The summed E-state index contributed by atoms with van der Waals surface area (Å²) in [7, 11) is -0.147. The fourth-order valence-corrected chi connectivity index (χ4v) is 2.55. The van der Waals surface area contributed by atoms with Crippen molar-refractivity contribution in [3.63, 3.8) is 0 Å². The molecule has 112 valence electrons. The second-order valence-electron chi connectivity index (χ2n) is 4.80. The molecular weight excluding hydrogens is 288 g/mol. The van der Waals surface area contributed by atoms with Crippen molar-refractivity contribution in [2.75, 3.05) is 19.4 Å². The second-order valence-corrected chi connectivity index (χ2v) is 6.98. The largest absolute Gasteiger partial charge is 0.365 e. The van der Waals surface area contributed by atoms with Gasteiger partial charge in [0, 0.05) is 33.0 Å². The SMILES string of the molecule is CN(C)S(=O)(=O)Cc1ccc(CNc2cnccn2)cc1.